The first-order valence-corrected chi connectivity index (χ1v) is 8.05. The van der Waals surface area contributed by atoms with Crippen LogP contribution in [0.5, 0.6) is 5.88 Å². The summed E-state index contributed by atoms with van der Waals surface area (Å²) in [4.78, 5) is 11.0. The van der Waals surface area contributed by atoms with Crippen molar-refractivity contribution in [3.63, 3.8) is 0 Å². The van der Waals surface area contributed by atoms with Gasteiger partial charge in [0, 0.05) is 4.88 Å². The van der Waals surface area contributed by atoms with Crippen LogP contribution in [-0.2, 0) is 6.42 Å². The molecule has 2 heterocycles. The van der Waals surface area contributed by atoms with Crippen LogP contribution in [0.15, 0.2) is 6.07 Å². The van der Waals surface area contributed by atoms with Gasteiger partial charge >= 0.3 is 0 Å². The Labute approximate surface area is 122 Å². The van der Waals surface area contributed by atoms with E-state index in [4.69, 9.17) is 10.6 Å². The number of ether oxygens (including phenoxy) is 1. The van der Waals surface area contributed by atoms with Crippen molar-refractivity contribution >= 4 is 27.5 Å². The third-order valence-electron chi connectivity index (χ3n) is 3.72. The summed E-state index contributed by atoms with van der Waals surface area (Å²) >= 11 is 1.68. The summed E-state index contributed by atoms with van der Waals surface area (Å²) in [5.41, 5.74) is 2.53. The number of nitrogens with one attached hydrogen (secondary N) is 1. The smallest absolute Gasteiger partial charge is 0.241 e. The maximum absolute atomic E-state index is 6.13. The molecule has 2 aromatic rings. The third-order valence-corrected chi connectivity index (χ3v) is 4.89. The lowest BCUT2D eigenvalue weighted by Crippen LogP contribution is -2.21. The van der Waals surface area contributed by atoms with E-state index < -0.39 is 0 Å². The molecule has 0 saturated heterocycles. The van der Waals surface area contributed by atoms with Gasteiger partial charge in [-0.25, -0.2) is 10.8 Å². The van der Waals surface area contributed by atoms with Crippen LogP contribution < -0.4 is 16.0 Å². The zero-order chi connectivity index (χ0) is 13.9. The standard InChI is InChI=1S/C14H20N4OS/c1-2-10-8-11-12(19-9-6-4-3-5-7-9)16-14(18-15)17-13(11)20-10/h8-9H,2-7,15H2,1H3,(H,16,17,18). The molecule has 0 aliphatic heterocycles. The normalized spacial score (nSPS) is 16.5. The number of rotatable bonds is 4. The minimum absolute atomic E-state index is 0.275. The Morgan fingerprint density at radius 3 is 2.85 bits per heavy atom. The highest BCUT2D eigenvalue weighted by Gasteiger charge is 2.19. The Morgan fingerprint density at radius 1 is 1.35 bits per heavy atom. The topological polar surface area (TPSA) is 73.1 Å². The molecule has 6 heteroatoms. The van der Waals surface area contributed by atoms with Gasteiger partial charge in [0.25, 0.3) is 0 Å². The van der Waals surface area contributed by atoms with Gasteiger partial charge in [0.2, 0.25) is 11.8 Å². The average Bonchev–Trinajstić information content (AvgIpc) is 2.91. The Hall–Kier alpha value is -1.40. The van der Waals surface area contributed by atoms with Crippen LogP contribution in [0.2, 0.25) is 0 Å². The molecular formula is C14H20N4OS. The number of anilines is 1. The van der Waals surface area contributed by atoms with Crippen LogP contribution in [0.25, 0.3) is 10.2 Å². The lowest BCUT2D eigenvalue weighted by Gasteiger charge is -2.22. The Kier molecular flexibility index (Phi) is 4.03. The molecule has 3 N–H and O–H groups in total. The summed E-state index contributed by atoms with van der Waals surface area (Å²) in [6.07, 6.45) is 7.29. The molecule has 1 saturated carbocycles. The van der Waals surface area contributed by atoms with Crippen molar-refractivity contribution in [2.75, 3.05) is 5.43 Å². The van der Waals surface area contributed by atoms with E-state index in [1.54, 1.807) is 11.3 Å². The summed E-state index contributed by atoms with van der Waals surface area (Å²) in [5, 5.41) is 1.01. The highest BCUT2D eigenvalue weighted by atomic mass is 32.1. The fourth-order valence-corrected chi connectivity index (χ4v) is 3.57. The Balaban J connectivity index is 1.95. The first-order chi connectivity index (χ1) is 9.80. The predicted molar refractivity (Wildman–Crippen MR) is 82.1 cm³/mol. The number of hydrogen-bond donors (Lipinski definition) is 2. The van der Waals surface area contributed by atoms with Crippen molar-refractivity contribution in [2.24, 2.45) is 5.84 Å². The van der Waals surface area contributed by atoms with Crippen molar-refractivity contribution in [2.45, 2.75) is 51.6 Å². The molecule has 0 bridgehead atoms. The van der Waals surface area contributed by atoms with Crippen LogP contribution in [0, 0.1) is 0 Å². The Bertz CT molecular complexity index is 592. The summed E-state index contributed by atoms with van der Waals surface area (Å²) in [6, 6.07) is 2.14. The number of fused-ring (bicyclic) bond motifs is 1. The monoisotopic (exact) mass is 292 g/mol. The van der Waals surface area contributed by atoms with Gasteiger partial charge < -0.3 is 4.74 Å². The molecular weight excluding hydrogens is 272 g/mol. The number of thiophene rings is 1. The number of hydrogen-bond acceptors (Lipinski definition) is 6. The molecule has 1 aliphatic carbocycles. The van der Waals surface area contributed by atoms with Crippen LogP contribution >= 0.6 is 11.3 Å². The molecule has 0 unspecified atom stereocenters. The van der Waals surface area contributed by atoms with Crippen LogP contribution in [0.4, 0.5) is 5.95 Å². The van der Waals surface area contributed by atoms with Gasteiger partial charge in [-0.2, -0.15) is 4.98 Å². The van der Waals surface area contributed by atoms with Crippen molar-refractivity contribution in [3.8, 4) is 5.88 Å². The predicted octanol–water partition coefficient (Wildman–Crippen LogP) is 3.25. The molecule has 20 heavy (non-hydrogen) atoms. The van der Waals surface area contributed by atoms with Crippen molar-refractivity contribution in [1.82, 2.24) is 9.97 Å². The van der Waals surface area contributed by atoms with E-state index in [0.29, 0.717) is 11.8 Å². The maximum atomic E-state index is 6.13. The molecule has 0 aromatic carbocycles. The van der Waals surface area contributed by atoms with Crippen LogP contribution in [-0.4, -0.2) is 16.1 Å². The highest BCUT2D eigenvalue weighted by molar-refractivity contribution is 7.18. The zero-order valence-electron chi connectivity index (χ0n) is 11.7. The van der Waals surface area contributed by atoms with Crippen LogP contribution in [0.1, 0.15) is 43.9 Å². The van der Waals surface area contributed by atoms with Gasteiger partial charge in [0.1, 0.15) is 10.9 Å². The van der Waals surface area contributed by atoms with E-state index in [9.17, 15) is 0 Å². The number of aryl methyl sites for hydroxylation is 1. The number of hydrazine groups is 1. The van der Waals surface area contributed by atoms with Crippen molar-refractivity contribution < 1.29 is 4.74 Å². The van der Waals surface area contributed by atoms with Gasteiger partial charge in [-0.1, -0.05) is 13.3 Å². The molecule has 0 atom stereocenters. The fourth-order valence-electron chi connectivity index (χ4n) is 2.61. The number of nitrogens with two attached hydrogens (primary N) is 1. The van der Waals surface area contributed by atoms with E-state index in [0.717, 1.165) is 29.5 Å². The van der Waals surface area contributed by atoms with Gasteiger partial charge in [0.05, 0.1) is 5.39 Å². The number of nitrogens with zero attached hydrogens (tertiary/aromatic N) is 2. The lowest BCUT2D eigenvalue weighted by atomic mass is 9.98. The molecule has 1 aliphatic rings. The second-order valence-corrected chi connectivity index (χ2v) is 6.27. The van der Waals surface area contributed by atoms with Crippen LogP contribution in [0.3, 0.4) is 0 Å². The summed E-state index contributed by atoms with van der Waals surface area (Å²) < 4.78 is 6.13. The molecule has 0 amide bonds. The van der Waals surface area contributed by atoms with E-state index in [1.807, 2.05) is 0 Å². The summed E-state index contributed by atoms with van der Waals surface area (Å²) in [6.45, 7) is 2.14. The van der Waals surface area contributed by atoms with Gasteiger partial charge in [-0.3, -0.25) is 5.43 Å². The largest absolute Gasteiger partial charge is 0.474 e. The minimum atomic E-state index is 0.275. The van der Waals surface area contributed by atoms with Gasteiger partial charge in [-0.15, -0.1) is 11.3 Å². The van der Waals surface area contributed by atoms with Crippen molar-refractivity contribution in [3.05, 3.63) is 10.9 Å². The number of aromatic nitrogens is 2. The maximum Gasteiger partial charge on any atom is 0.241 e. The molecule has 5 nitrogen and oxygen atoms in total. The van der Waals surface area contributed by atoms with E-state index in [1.165, 1.54) is 24.1 Å². The van der Waals surface area contributed by atoms with E-state index in [-0.39, 0.29) is 6.10 Å². The van der Waals surface area contributed by atoms with Gasteiger partial charge in [-0.05, 0) is 38.2 Å². The Morgan fingerprint density at radius 2 is 2.15 bits per heavy atom. The molecule has 108 valence electrons. The van der Waals surface area contributed by atoms with E-state index >= 15 is 0 Å². The second-order valence-electron chi connectivity index (χ2n) is 5.16. The molecule has 0 spiro atoms. The van der Waals surface area contributed by atoms with E-state index in [2.05, 4.69) is 28.4 Å². The zero-order valence-corrected chi connectivity index (χ0v) is 12.5. The molecule has 2 aromatic heterocycles. The average molecular weight is 292 g/mol. The molecule has 3 rings (SSSR count). The summed E-state index contributed by atoms with van der Waals surface area (Å²) in [7, 11) is 0. The lowest BCUT2D eigenvalue weighted by molar-refractivity contribution is 0.151. The van der Waals surface area contributed by atoms with Gasteiger partial charge in [0.15, 0.2) is 0 Å². The third kappa shape index (κ3) is 2.71. The first kappa shape index (κ1) is 13.6. The first-order valence-electron chi connectivity index (χ1n) is 7.24. The SMILES string of the molecule is CCc1cc2c(OC3CCCCC3)nc(NN)nc2s1. The highest BCUT2D eigenvalue weighted by Crippen LogP contribution is 2.33. The minimum Gasteiger partial charge on any atom is -0.474 e. The number of nitrogen functional groups attached to an aromatic ring is 1. The quantitative estimate of drug-likeness (QED) is 0.668. The second kappa shape index (κ2) is 5.93. The molecule has 1 fully saturated rings. The summed E-state index contributed by atoms with van der Waals surface area (Å²) in [5.74, 6) is 6.55. The fraction of sp³-hybridized carbons (Fsp3) is 0.571. The van der Waals surface area contributed by atoms with Crippen molar-refractivity contribution in [1.29, 1.82) is 0 Å². The molecule has 0 radical (unpaired) electrons.